The zero-order valence-electron chi connectivity index (χ0n) is 22.4. The third kappa shape index (κ3) is 4.49. The van der Waals surface area contributed by atoms with E-state index in [1.807, 2.05) is 12.1 Å². The molecule has 0 radical (unpaired) electrons. The topological polar surface area (TPSA) is 66.4 Å². The molecule has 10 atom stereocenters. The molecular weight excluding hydrogens is 490 g/mol. The Morgan fingerprint density at radius 1 is 1.19 bits per heavy atom. The molecule has 5 rings (SSSR count). The van der Waals surface area contributed by atoms with E-state index in [2.05, 4.69) is 33.0 Å². The molecule has 1 aromatic rings. The number of Topliss-reactive ketones (excluding diaryl/α,β-unsaturated/α-hetero) is 1. The lowest BCUT2D eigenvalue weighted by atomic mass is 9.44. The summed E-state index contributed by atoms with van der Waals surface area (Å²) in [6, 6.07) is 3.95. The average molecular weight is 534 g/mol. The maximum absolute atomic E-state index is 13.1. The second-order valence-electron chi connectivity index (χ2n) is 13.1. The number of rotatable bonds is 6. The predicted octanol–water partition coefficient (Wildman–Crippen LogP) is 7.19. The quantitative estimate of drug-likeness (QED) is 0.406. The number of thiophene rings is 1. The Morgan fingerprint density at radius 3 is 2.64 bits per heavy atom. The number of carbonyl (C=O) groups excluding carboxylic acids is 2. The van der Waals surface area contributed by atoms with Gasteiger partial charge in [-0.25, -0.2) is 0 Å². The van der Waals surface area contributed by atoms with E-state index in [0.29, 0.717) is 54.1 Å². The molecule has 4 aliphatic rings. The zero-order chi connectivity index (χ0) is 25.8. The number of aliphatic hydroxyl groups excluding tert-OH is 1. The maximum Gasteiger partial charge on any atom is 0.220 e. The van der Waals surface area contributed by atoms with Crippen molar-refractivity contribution in [1.29, 1.82) is 0 Å². The fourth-order valence-electron chi connectivity index (χ4n) is 9.57. The molecule has 4 aliphatic carbocycles. The van der Waals surface area contributed by atoms with Gasteiger partial charge >= 0.3 is 0 Å². The van der Waals surface area contributed by atoms with Crippen molar-refractivity contribution < 1.29 is 14.7 Å². The molecule has 1 unspecified atom stereocenters. The summed E-state index contributed by atoms with van der Waals surface area (Å²) in [6.45, 7) is 9.27. The van der Waals surface area contributed by atoms with Gasteiger partial charge in [-0.1, -0.05) is 39.3 Å². The molecule has 0 bridgehead atoms. The van der Waals surface area contributed by atoms with Gasteiger partial charge in [0.15, 0.2) is 0 Å². The monoisotopic (exact) mass is 533 g/mol. The Labute approximate surface area is 226 Å². The summed E-state index contributed by atoms with van der Waals surface area (Å²) < 4.78 is 0.761. The molecule has 0 aliphatic heterocycles. The minimum Gasteiger partial charge on any atom is -0.393 e. The molecule has 4 nitrogen and oxygen atoms in total. The molecule has 4 fully saturated rings. The fraction of sp³-hybridized carbons (Fsp3) is 0.800. The van der Waals surface area contributed by atoms with Gasteiger partial charge in [-0.15, -0.1) is 11.3 Å². The van der Waals surface area contributed by atoms with Crippen molar-refractivity contribution in [2.24, 2.45) is 46.3 Å². The van der Waals surface area contributed by atoms with Crippen LogP contribution in [0.2, 0.25) is 4.34 Å². The highest BCUT2D eigenvalue weighted by Crippen LogP contribution is 2.68. The molecule has 0 saturated heterocycles. The number of hydrogen-bond donors (Lipinski definition) is 2. The van der Waals surface area contributed by atoms with Gasteiger partial charge in [0.1, 0.15) is 5.78 Å². The van der Waals surface area contributed by atoms with E-state index in [9.17, 15) is 14.7 Å². The Bertz CT molecular complexity index is 995. The average Bonchev–Trinajstić information content (AvgIpc) is 3.41. The van der Waals surface area contributed by atoms with Gasteiger partial charge in [-0.3, -0.25) is 9.59 Å². The molecule has 2 N–H and O–H groups in total. The number of carbonyl (C=O) groups is 2. The number of halogens is 1. The number of aliphatic hydroxyl groups is 1. The van der Waals surface area contributed by atoms with Crippen LogP contribution in [0.3, 0.4) is 0 Å². The molecule has 4 saturated carbocycles. The Kier molecular flexibility index (Phi) is 7.41. The fourth-order valence-corrected chi connectivity index (χ4v) is 10.8. The van der Waals surface area contributed by atoms with Gasteiger partial charge in [0.05, 0.1) is 16.5 Å². The van der Waals surface area contributed by atoms with E-state index in [-0.39, 0.29) is 28.9 Å². The maximum atomic E-state index is 13.1. The van der Waals surface area contributed by atoms with Crippen LogP contribution >= 0.6 is 22.9 Å². The molecule has 1 aromatic heterocycles. The van der Waals surface area contributed by atoms with Crippen LogP contribution in [0.5, 0.6) is 0 Å². The number of nitrogens with one attached hydrogen (secondary N) is 1. The van der Waals surface area contributed by atoms with Gasteiger partial charge in [-0.2, -0.15) is 0 Å². The van der Waals surface area contributed by atoms with E-state index < -0.39 is 0 Å². The first-order valence-corrected chi connectivity index (χ1v) is 15.5. The normalized spacial score (nSPS) is 41.7. The first kappa shape index (κ1) is 26.7. The predicted molar refractivity (Wildman–Crippen MR) is 146 cm³/mol. The molecule has 0 aromatic carbocycles. The van der Waals surface area contributed by atoms with E-state index >= 15 is 0 Å². The molecule has 1 heterocycles. The molecule has 0 spiro atoms. The van der Waals surface area contributed by atoms with Crippen molar-refractivity contribution in [2.45, 2.75) is 104 Å². The SMILES string of the molecule is CC[C@@H](NC(=O)C[C@@H](C)C1CC[C@H]2[C@@H]3[C@@H](O)C[C@@H]4CC(=O)CC[C@]4(C)[C@H]3CC[C@]12C)c1ccc(Cl)s1. The summed E-state index contributed by atoms with van der Waals surface area (Å²) in [5.41, 5.74) is 0.379. The largest absolute Gasteiger partial charge is 0.393 e. The highest BCUT2D eigenvalue weighted by Gasteiger charge is 2.62. The summed E-state index contributed by atoms with van der Waals surface area (Å²) in [5, 5.41) is 14.7. The van der Waals surface area contributed by atoms with Crippen LogP contribution < -0.4 is 5.32 Å². The highest BCUT2D eigenvalue weighted by molar-refractivity contribution is 7.16. The Balaban J connectivity index is 1.27. The van der Waals surface area contributed by atoms with Crippen LogP contribution in [0.15, 0.2) is 12.1 Å². The van der Waals surface area contributed by atoms with Crippen molar-refractivity contribution in [2.75, 3.05) is 0 Å². The van der Waals surface area contributed by atoms with Crippen molar-refractivity contribution >= 4 is 34.6 Å². The smallest absolute Gasteiger partial charge is 0.220 e. The standard InChI is InChI=1S/C30H44ClNO3S/c1-5-23(25-8-9-26(31)36-25)32-27(35)14-17(2)20-6-7-21-28-22(11-13-30(20,21)4)29(3)12-10-19(33)15-18(29)16-24(28)34/h8-9,17-18,20-24,28,34H,5-7,10-16H2,1-4H3,(H,32,35)/t17-,18+,20?,21+,22+,23-,24+,28+,29+,30-/m1/s1. The third-order valence-electron chi connectivity index (χ3n) is 11.4. The number of amides is 1. The molecule has 36 heavy (non-hydrogen) atoms. The van der Waals surface area contributed by atoms with Crippen LogP contribution in [0.25, 0.3) is 0 Å². The minimum atomic E-state index is -0.288. The van der Waals surface area contributed by atoms with Gasteiger partial charge < -0.3 is 10.4 Å². The van der Waals surface area contributed by atoms with E-state index in [1.165, 1.54) is 6.42 Å². The van der Waals surface area contributed by atoms with Gasteiger partial charge in [-0.05, 0) is 103 Å². The van der Waals surface area contributed by atoms with Crippen LogP contribution in [0.1, 0.15) is 103 Å². The van der Waals surface area contributed by atoms with E-state index in [4.69, 9.17) is 11.6 Å². The molecule has 200 valence electrons. The second kappa shape index (κ2) is 10.0. The zero-order valence-corrected chi connectivity index (χ0v) is 24.0. The van der Waals surface area contributed by atoms with Gasteiger partial charge in [0.25, 0.3) is 0 Å². The molecule has 1 amide bonds. The minimum absolute atomic E-state index is 0.0259. The van der Waals surface area contributed by atoms with Crippen molar-refractivity contribution in [1.82, 2.24) is 5.32 Å². The lowest BCUT2D eigenvalue weighted by Gasteiger charge is -2.61. The Hall–Kier alpha value is -0.910. The van der Waals surface area contributed by atoms with E-state index in [0.717, 1.165) is 54.2 Å². The molecule has 6 heteroatoms. The first-order chi connectivity index (χ1) is 17.1. The lowest BCUT2D eigenvalue weighted by molar-refractivity contribution is -0.169. The van der Waals surface area contributed by atoms with Crippen LogP contribution in [-0.2, 0) is 9.59 Å². The van der Waals surface area contributed by atoms with Gasteiger partial charge in [0.2, 0.25) is 5.91 Å². The summed E-state index contributed by atoms with van der Waals surface area (Å²) in [4.78, 5) is 26.5. The number of fused-ring (bicyclic) bond motifs is 5. The molecular formula is C30H44ClNO3S. The summed E-state index contributed by atoms with van der Waals surface area (Å²) in [7, 11) is 0. The van der Waals surface area contributed by atoms with Crippen LogP contribution in [0, 0.1) is 46.3 Å². The first-order valence-electron chi connectivity index (χ1n) is 14.3. The number of hydrogen-bond acceptors (Lipinski definition) is 4. The summed E-state index contributed by atoms with van der Waals surface area (Å²) in [5.74, 6) is 3.10. The van der Waals surface area contributed by atoms with Crippen molar-refractivity contribution in [3.05, 3.63) is 21.3 Å². The second-order valence-corrected chi connectivity index (χ2v) is 14.9. The van der Waals surface area contributed by atoms with Gasteiger partial charge in [0, 0.05) is 24.1 Å². The van der Waals surface area contributed by atoms with Crippen molar-refractivity contribution in [3.63, 3.8) is 0 Å². The van der Waals surface area contributed by atoms with Crippen molar-refractivity contribution in [3.8, 4) is 0 Å². The Morgan fingerprint density at radius 2 is 1.94 bits per heavy atom. The van der Waals surface area contributed by atoms with E-state index in [1.54, 1.807) is 11.3 Å². The van der Waals surface area contributed by atoms with Crippen LogP contribution in [-0.4, -0.2) is 22.9 Å². The number of ketones is 1. The third-order valence-corrected chi connectivity index (χ3v) is 12.8. The highest BCUT2D eigenvalue weighted by atomic mass is 35.5. The summed E-state index contributed by atoms with van der Waals surface area (Å²) in [6.07, 6.45) is 8.97. The summed E-state index contributed by atoms with van der Waals surface area (Å²) >= 11 is 7.68. The van der Waals surface area contributed by atoms with Crippen LogP contribution in [0.4, 0.5) is 0 Å². The lowest BCUT2D eigenvalue weighted by Crippen LogP contribution is -2.58.